The van der Waals surface area contributed by atoms with Gasteiger partial charge in [0.25, 0.3) is 0 Å². The van der Waals surface area contributed by atoms with Crippen molar-refractivity contribution >= 4 is 39.1 Å². The third-order valence-corrected chi connectivity index (χ3v) is 4.78. The minimum Gasteiger partial charge on any atom is -0.496 e. The summed E-state index contributed by atoms with van der Waals surface area (Å²) in [6, 6.07) is 11.9. The summed E-state index contributed by atoms with van der Waals surface area (Å²) in [5.41, 5.74) is 2.16. The third kappa shape index (κ3) is 4.13. The van der Waals surface area contributed by atoms with Crippen LogP contribution in [-0.2, 0) is 6.54 Å². The number of nitrogens with one attached hydrogen (secondary N) is 1. The SMILES string of the molecule is COc1ccc(C(C)NCc2cccc(Cl)c2Cl)cc1Br. The van der Waals surface area contributed by atoms with Crippen molar-refractivity contribution in [3.05, 3.63) is 62.0 Å². The molecule has 0 spiro atoms. The van der Waals surface area contributed by atoms with Crippen LogP contribution in [0.4, 0.5) is 0 Å². The molecule has 0 saturated carbocycles. The van der Waals surface area contributed by atoms with Crippen LogP contribution < -0.4 is 10.1 Å². The molecule has 21 heavy (non-hydrogen) atoms. The van der Waals surface area contributed by atoms with Crippen molar-refractivity contribution < 1.29 is 4.74 Å². The molecule has 112 valence electrons. The van der Waals surface area contributed by atoms with Crippen LogP contribution in [0.5, 0.6) is 5.75 Å². The zero-order chi connectivity index (χ0) is 15.4. The zero-order valence-corrected chi connectivity index (χ0v) is 14.9. The highest BCUT2D eigenvalue weighted by atomic mass is 79.9. The molecule has 1 atom stereocenters. The van der Waals surface area contributed by atoms with Crippen molar-refractivity contribution in [2.24, 2.45) is 0 Å². The second kappa shape index (κ2) is 7.50. The molecule has 0 aliphatic rings. The average Bonchev–Trinajstić information content (AvgIpc) is 2.48. The number of hydrogen-bond donors (Lipinski definition) is 1. The van der Waals surface area contributed by atoms with Crippen LogP contribution in [0.1, 0.15) is 24.1 Å². The Labute approximate surface area is 143 Å². The summed E-state index contributed by atoms with van der Waals surface area (Å²) in [5, 5.41) is 4.63. The summed E-state index contributed by atoms with van der Waals surface area (Å²) >= 11 is 15.7. The van der Waals surface area contributed by atoms with Crippen molar-refractivity contribution in [3.8, 4) is 5.75 Å². The Hall–Kier alpha value is -0.740. The zero-order valence-electron chi connectivity index (χ0n) is 11.8. The number of ether oxygens (including phenoxy) is 1. The van der Waals surface area contributed by atoms with Crippen LogP contribution in [0.15, 0.2) is 40.9 Å². The van der Waals surface area contributed by atoms with Gasteiger partial charge in [0.15, 0.2) is 0 Å². The van der Waals surface area contributed by atoms with Gasteiger partial charge < -0.3 is 10.1 Å². The van der Waals surface area contributed by atoms with Gasteiger partial charge in [-0.25, -0.2) is 0 Å². The maximum absolute atomic E-state index is 6.19. The Morgan fingerprint density at radius 1 is 1.24 bits per heavy atom. The summed E-state index contributed by atoms with van der Waals surface area (Å²) in [4.78, 5) is 0. The van der Waals surface area contributed by atoms with E-state index in [9.17, 15) is 0 Å². The fourth-order valence-corrected chi connectivity index (χ4v) is 2.96. The highest BCUT2D eigenvalue weighted by Crippen LogP contribution is 2.29. The molecule has 2 aromatic carbocycles. The minimum atomic E-state index is 0.183. The predicted molar refractivity (Wildman–Crippen MR) is 92.4 cm³/mol. The van der Waals surface area contributed by atoms with E-state index in [2.05, 4.69) is 34.2 Å². The van der Waals surface area contributed by atoms with Crippen molar-refractivity contribution in [2.75, 3.05) is 7.11 Å². The number of rotatable bonds is 5. The maximum Gasteiger partial charge on any atom is 0.133 e. The molecule has 1 unspecified atom stereocenters. The van der Waals surface area contributed by atoms with Crippen LogP contribution in [0, 0.1) is 0 Å². The molecule has 0 aliphatic heterocycles. The van der Waals surface area contributed by atoms with Crippen molar-refractivity contribution in [1.29, 1.82) is 0 Å². The van der Waals surface area contributed by atoms with Gasteiger partial charge in [-0.2, -0.15) is 0 Å². The van der Waals surface area contributed by atoms with Crippen LogP contribution in [0.2, 0.25) is 10.0 Å². The average molecular weight is 389 g/mol. The lowest BCUT2D eigenvalue weighted by Crippen LogP contribution is -2.18. The standard InChI is InChI=1S/C16H16BrCl2NO/c1-10(11-6-7-15(21-2)13(17)8-11)20-9-12-4-3-5-14(18)16(12)19/h3-8,10,20H,9H2,1-2H3. The number of hydrogen-bond acceptors (Lipinski definition) is 2. The van der Waals surface area contributed by atoms with Gasteiger partial charge in [-0.15, -0.1) is 0 Å². The Balaban J connectivity index is 2.06. The van der Waals surface area contributed by atoms with Gasteiger partial charge in [-0.1, -0.05) is 41.4 Å². The van der Waals surface area contributed by atoms with Crippen LogP contribution >= 0.6 is 39.1 Å². The molecule has 2 nitrogen and oxygen atoms in total. The Morgan fingerprint density at radius 2 is 2.00 bits per heavy atom. The van der Waals surface area contributed by atoms with Gasteiger partial charge in [-0.05, 0) is 52.2 Å². The highest BCUT2D eigenvalue weighted by molar-refractivity contribution is 9.10. The summed E-state index contributed by atoms with van der Waals surface area (Å²) in [6.45, 7) is 2.76. The van der Waals surface area contributed by atoms with Gasteiger partial charge in [0.2, 0.25) is 0 Å². The normalized spacial score (nSPS) is 12.2. The van der Waals surface area contributed by atoms with E-state index in [-0.39, 0.29) is 6.04 Å². The number of halogens is 3. The summed E-state index contributed by atoms with van der Waals surface area (Å²) in [7, 11) is 1.66. The quantitative estimate of drug-likeness (QED) is 0.718. The van der Waals surface area contributed by atoms with Crippen molar-refractivity contribution in [3.63, 3.8) is 0 Å². The Kier molecular flexibility index (Phi) is 5.94. The minimum absolute atomic E-state index is 0.183. The van der Waals surface area contributed by atoms with E-state index in [4.69, 9.17) is 27.9 Å². The molecule has 2 rings (SSSR count). The van der Waals surface area contributed by atoms with E-state index in [1.165, 1.54) is 5.56 Å². The molecule has 5 heteroatoms. The van der Waals surface area contributed by atoms with E-state index in [1.54, 1.807) is 13.2 Å². The van der Waals surface area contributed by atoms with Gasteiger partial charge in [0.05, 0.1) is 21.6 Å². The lowest BCUT2D eigenvalue weighted by molar-refractivity contribution is 0.411. The first-order chi connectivity index (χ1) is 10.0. The first-order valence-corrected chi connectivity index (χ1v) is 8.07. The molecule has 0 saturated heterocycles. The molecular weight excluding hydrogens is 373 g/mol. The van der Waals surface area contributed by atoms with E-state index in [0.29, 0.717) is 16.6 Å². The Morgan fingerprint density at radius 3 is 2.67 bits per heavy atom. The molecule has 0 bridgehead atoms. The molecule has 0 radical (unpaired) electrons. The molecule has 0 amide bonds. The lowest BCUT2D eigenvalue weighted by atomic mass is 10.1. The molecule has 0 fully saturated rings. The van der Waals surface area contributed by atoms with Crippen molar-refractivity contribution in [1.82, 2.24) is 5.32 Å². The van der Waals surface area contributed by atoms with E-state index >= 15 is 0 Å². The van der Waals surface area contributed by atoms with Crippen LogP contribution in [-0.4, -0.2) is 7.11 Å². The number of methoxy groups -OCH3 is 1. The molecule has 1 N–H and O–H groups in total. The number of benzene rings is 2. The van der Waals surface area contributed by atoms with Gasteiger partial charge in [-0.3, -0.25) is 0 Å². The summed E-state index contributed by atoms with van der Waals surface area (Å²) < 4.78 is 6.18. The van der Waals surface area contributed by atoms with Crippen molar-refractivity contribution in [2.45, 2.75) is 19.5 Å². The van der Waals surface area contributed by atoms with E-state index in [1.807, 2.05) is 24.3 Å². The first-order valence-electron chi connectivity index (χ1n) is 6.52. The monoisotopic (exact) mass is 387 g/mol. The molecule has 0 aromatic heterocycles. The Bertz CT molecular complexity index is 634. The largest absolute Gasteiger partial charge is 0.496 e. The molecule has 0 aliphatic carbocycles. The fraction of sp³-hybridized carbons (Fsp3) is 0.250. The summed E-state index contributed by atoms with van der Waals surface area (Å²) in [5.74, 6) is 0.823. The van der Waals surface area contributed by atoms with E-state index < -0.39 is 0 Å². The second-order valence-corrected chi connectivity index (χ2v) is 6.35. The van der Waals surface area contributed by atoms with Gasteiger partial charge in [0.1, 0.15) is 5.75 Å². The molecular formula is C16H16BrCl2NO. The third-order valence-electron chi connectivity index (χ3n) is 3.31. The highest BCUT2D eigenvalue weighted by Gasteiger charge is 2.10. The fourth-order valence-electron chi connectivity index (χ4n) is 2.02. The van der Waals surface area contributed by atoms with Crippen LogP contribution in [0.25, 0.3) is 0 Å². The molecule has 2 aromatic rings. The summed E-state index contributed by atoms with van der Waals surface area (Å²) in [6.07, 6.45) is 0. The first kappa shape index (κ1) is 16.6. The maximum atomic E-state index is 6.19. The van der Waals surface area contributed by atoms with Gasteiger partial charge >= 0.3 is 0 Å². The smallest absolute Gasteiger partial charge is 0.133 e. The lowest BCUT2D eigenvalue weighted by Gasteiger charge is -2.16. The van der Waals surface area contributed by atoms with Gasteiger partial charge in [0, 0.05) is 12.6 Å². The second-order valence-electron chi connectivity index (χ2n) is 4.71. The predicted octanol–water partition coefficient (Wildman–Crippen LogP) is 5.62. The van der Waals surface area contributed by atoms with Crippen LogP contribution in [0.3, 0.4) is 0 Å². The molecule has 0 heterocycles. The topological polar surface area (TPSA) is 21.3 Å². The van der Waals surface area contributed by atoms with E-state index in [0.717, 1.165) is 15.8 Å².